The van der Waals surface area contributed by atoms with Crippen LogP contribution in [-0.2, 0) is 4.79 Å². The van der Waals surface area contributed by atoms with E-state index in [1.54, 1.807) is 24.3 Å². The van der Waals surface area contributed by atoms with Crippen molar-refractivity contribution in [3.63, 3.8) is 0 Å². The van der Waals surface area contributed by atoms with Crippen molar-refractivity contribution >= 4 is 40.9 Å². The van der Waals surface area contributed by atoms with Crippen molar-refractivity contribution in [1.82, 2.24) is 0 Å². The molecule has 1 atom stereocenters. The van der Waals surface area contributed by atoms with Crippen molar-refractivity contribution in [3.8, 4) is 0 Å². The van der Waals surface area contributed by atoms with Crippen molar-refractivity contribution in [1.29, 1.82) is 0 Å². The Morgan fingerprint density at radius 1 is 1.22 bits per heavy atom. The summed E-state index contributed by atoms with van der Waals surface area (Å²) in [6, 6.07) is 13.5. The topological polar surface area (TPSA) is 66.4 Å². The van der Waals surface area contributed by atoms with Gasteiger partial charge in [0, 0.05) is 15.6 Å². The molecule has 0 radical (unpaired) electrons. The second-order valence-corrected chi connectivity index (χ2v) is 6.56. The largest absolute Gasteiger partial charge is 0.478 e. The number of carbonyl (C=O) groups is 2. The lowest BCUT2D eigenvalue weighted by atomic mass is 10.2. The van der Waals surface area contributed by atoms with Gasteiger partial charge in [0.05, 0.1) is 10.8 Å². The molecule has 0 saturated heterocycles. The number of nitrogens with one attached hydrogen (secondary N) is 1. The number of carbonyl (C=O) groups excluding carboxylic acids is 1. The Hall–Kier alpha value is -1.98. The van der Waals surface area contributed by atoms with E-state index < -0.39 is 5.97 Å². The molecule has 0 saturated carbocycles. The van der Waals surface area contributed by atoms with Crippen LogP contribution in [0.4, 0.5) is 5.69 Å². The summed E-state index contributed by atoms with van der Waals surface area (Å²) in [5.41, 5.74) is 0.617. The van der Waals surface area contributed by atoms with E-state index in [1.165, 1.54) is 23.9 Å². The van der Waals surface area contributed by atoms with E-state index in [0.717, 1.165) is 4.90 Å². The van der Waals surface area contributed by atoms with Gasteiger partial charge in [-0.1, -0.05) is 24.6 Å². The lowest BCUT2D eigenvalue weighted by Gasteiger charge is -2.15. The third kappa shape index (κ3) is 5.01. The van der Waals surface area contributed by atoms with Crippen LogP contribution in [0, 0.1) is 0 Å². The maximum absolute atomic E-state index is 12.4. The molecule has 0 aliphatic carbocycles. The van der Waals surface area contributed by atoms with Crippen molar-refractivity contribution in [2.45, 2.75) is 23.5 Å². The Morgan fingerprint density at radius 2 is 1.91 bits per heavy atom. The SMILES string of the molecule is CCC(Sc1ccc(Cl)cc1)C(=O)Nc1cccc(C(=O)O)c1. The first-order chi connectivity index (χ1) is 11.0. The van der Waals surface area contributed by atoms with Crippen LogP contribution in [0.5, 0.6) is 0 Å². The van der Waals surface area contributed by atoms with Crippen molar-refractivity contribution in [3.05, 3.63) is 59.1 Å². The predicted molar refractivity (Wildman–Crippen MR) is 93.4 cm³/mol. The van der Waals surface area contributed by atoms with E-state index in [0.29, 0.717) is 17.1 Å². The number of anilines is 1. The van der Waals surface area contributed by atoms with Gasteiger partial charge in [-0.05, 0) is 48.9 Å². The van der Waals surface area contributed by atoms with Crippen molar-refractivity contribution < 1.29 is 14.7 Å². The Kier molecular flexibility index (Phi) is 6.07. The van der Waals surface area contributed by atoms with E-state index >= 15 is 0 Å². The molecule has 4 nitrogen and oxygen atoms in total. The number of carboxylic acid groups (broad SMARTS) is 1. The molecule has 0 aliphatic rings. The average Bonchev–Trinajstić information content (AvgIpc) is 2.54. The number of halogens is 1. The van der Waals surface area contributed by atoms with E-state index in [-0.39, 0.29) is 16.7 Å². The van der Waals surface area contributed by atoms with Crippen LogP contribution in [0.15, 0.2) is 53.4 Å². The van der Waals surface area contributed by atoms with Crippen LogP contribution in [0.25, 0.3) is 0 Å². The minimum Gasteiger partial charge on any atom is -0.478 e. The van der Waals surface area contributed by atoms with Gasteiger partial charge in [0.25, 0.3) is 0 Å². The van der Waals surface area contributed by atoms with E-state index in [2.05, 4.69) is 5.32 Å². The fourth-order valence-electron chi connectivity index (χ4n) is 1.95. The quantitative estimate of drug-likeness (QED) is 0.751. The molecule has 0 aromatic heterocycles. The molecule has 0 bridgehead atoms. The summed E-state index contributed by atoms with van der Waals surface area (Å²) in [6.45, 7) is 1.93. The summed E-state index contributed by atoms with van der Waals surface area (Å²) >= 11 is 7.30. The Bertz CT molecular complexity index is 703. The highest BCUT2D eigenvalue weighted by Gasteiger charge is 2.18. The molecule has 0 fully saturated rings. The molecule has 0 heterocycles. The maximum atomic E-state index is 12.4. The minimum atomic E-state index is -1.02. The molecule has 0 aliphatic heterocycles. The van der Waals surface area contributed by atoms with Gasteiger partial charge in [-0.25, -0.2) is 4.79 Å². The lowest BCUT2D eigenvalue weighted by Crippen LogP contribution is -2.24. The monoisotopic (exact) mass is 349 g/mol. The van der Waals surface area contributed by atoms with Gasteiger partial charge in [-0.15, -0.1) is 11.8 Å². The molecular formula is C17H16ClNO3S. The molecule has 2 rings (SSSR count). The highest BCUT2D eigenvalue weighted by Crippen LogP contribution is 2.27. The first kappa shape index (κ1) is 17.4. The lowest BCUT2D eigenvalue weighted by molar-refractivity contribution is -0.115. The molecule has 0 spiro atoms. The molecule has 1 amide bonds. The fourth-order valence-corrected chi connectivity index (χ4v) is 3.03. The second kappa shape index (κ2) is 8.04. The number of hydrogen-bond donors (Lipinski definition) is 2. The molecule has 2 N–H and O–H groups in total. The summed E-state index contributed by atoms with van der Waals surface area (Å²) in [7, 11) is 0. The van der Waals surface area contributed by atoms with Gasteiger partial charge >= 0.3 is 5.97 Å². The fraction of sp³-hybridized carbons (Fsp3) is 0.176. The molecule has 120 valence electrons. The van der Waals surface area contributed by atoms with Crippen LogP contribution < -0.4 is 5.32 Å². The third-order valence-electron chi connectivity index (χ3n) is 3.13. The Morgan fingerprint density at radius 3 is 2.52 bits per heavy atom. The van der Waals surface area contributed by atoms with E-state index in [4.69, 9.17) is 16.7 Å². The van der Waals surface area contributed by atoms with Gasteiger partial charge in [-0.3, -0.25) is 4.79 Å². The number of thioether (sulfide) groups is 1. The number of aromatic carboxylic acids is 1. The van der Waals surface area contributed by atoms with Crippen LogP contribution in [0.2, 0.25) is 5.02 Å². The molecule has 2 aromatic rings. The summed E-state index contributed by atoms with van der Waals surface area (Å²) in [5.74, 6) is -1.18. The molecule has 1 unspecified atom stereocenters. The van der Waals surface area contributed by atoms with E-state index in [1.807, 2.05) is 19.1 Å². The number of hydrogen-bond acceptors (Lipinski definition) is 3. The van der Waals surface area contributed by atoms with Crippen LogP contribution in [-0.4, -0.2) is 22.2 Å². The zero-order valence-electron chi connectivity index (χ0n) is 12.5. The summed E-state index contributed by atoms with van der Waals surface area (Å²) in [6.07, 6.45) is 0.651. The number of amides is 1. The average molecular weight is 350 g/mol. The Balaban J connectivity index is 2.06. The number of carboxylic acids is 1. The van der Waals surface area contributed by atoms with Crippen LogP contribution in [0.3, 0.4) is 0 Å². The maximum Gasteiger partial charge on any atom is 0.335 e. The van der Waals surface area contributed by atoms with Gasteiger partial charge in [0.1, 0.15) is 0 Å². The van der Waals surface area contributed by atoms with Gasteiger partial charge in [-0.2, -0.15) is 0 Å². The number of benzene rings is 2. The zero-order valence-corrected chi connectivity index (χ0v) is 14.0. The standard InChI is InChI=1S/C17H16ClNO3S/c1-2-15(23-14-8-6-12(18)7-9-14)16(20)19-13-5-3-4-11(10-13)17(21)22/h3-10,15H,2H2,1H3,(H,19,20)(H,21,22). The highest BCUT2D eigenvalue weighted by molar-refractivity contribution is 8.00. The van der Waals surface area contributed by atoms with Crippen molar-refractivity contribution in [2.75, 3.05) is 5.32 Å². The first-order valence-corrected chi connectivity index (χ1v) is 8.32. The highest BCUT2D eigenvalue weighted by atomic mass is 35.5. The van der Waals surface area contributed by atoms with Gasteiger partial charge < -0.3 is 10.4 Å². The molecular weight excluding hydrogens is 334 g/mol. The second-order valence-electron chi connectivity index (χ2n) is 4.84. The summed E-state index contributed by atoms with van der Waals surface area (Å²) in [5, 5.41) is 12.1. The summed E-state index contributed by atoms with van der Waals surface area (Å²) < 4.78 is 0. The van der Waals surface area contributed by atoms with Crippen molar-refractivity contribution in [2.24, 2.45) is 0 Å². The normalized spacial score (nSPS) is 11.7. The predicted octanol–water partition coefficient (Wildman–Crippen LogP) is 4.55. The number of rotatable bonds is 6. The first-order valence-electron chi connectivity index (χ1n) is 7.06. The summed E-state index contributed by atoms with van der Waals surface area (Å²) in [4.78, 5) is 24.3. The van der Waals surface area contributed by atoms with Crippen LogP contribution in [0.1, 0.15) is 23.7 Å². The molecule has 6 heteroatoms. The molecule has 23 heavy (non-hydrogen) atoms. The van der Waals surface area contributed by atoms with Crippen LogP contribution >= 0.6 is 23.4 Å². The zero-order chi connectivity index (χ0) is 16.8. The van der Waals surface area contributed by atoms with Gasteiger partial charge in [0.15, 0.2) is 0 Å². The molecule has 2 aromatic carbocycles. The smallest absolute Gasteiger partial charge is 0.335 e. The Labute approximate surface area is 143 Å². The van der Waals surface area contributed by atoms with Gasteiger partial charge in [0.2, 0.25) is 5.91 Å². The third-order valence-corrected chi connectivity index (χ3v) is 4.76. The van der Waals surface area contributed by atoms with E-state index in [9.17, 15) is 9.59 Å². The minimum absolute atomic E-state index is 0.140.